The lowest BCUT2D eigenvalue weighted by Gasteiger charge is -2.30. The molecule has 1 aliphatic rings. The molecule has 2 rings (SSSR count). The van der Waals surface area contributed by atoms with Gasteiger partial charge in [0.15, 0.2) is 0 Å². The standard InChI is InChI=1S/C10H14F3N3S/c11-10(12,13)7-1-3-8(4-2-7)14-5-9-6-17-16-15-9/h6-8,14H,1-5H2. The lowest BCUT2D eigenvalue weighted by molar-refractivity contribution is -0.182. The molecule has 0 amide bonds. The van der Waals surface area contributed by atoms with Crippen LogP contribution in [0, 0.1) is 5.92 Å². The van der Waals surface area contributed by atoms with E-state index in [4.69, 9.17) is 0 Å². The molecule has 0 spiro atoms. The van der Waals surface area contributed by atoms with Gasteiger partial charge in [0.2, 0.25) is 0 Å². The van der Waals surface area contributed by atoms with Crippen LogP contribution in [0.25, 0.3) is 0 Å². The van der Waals surface area contributed by atoms with E-state index in [1.54, 1.807) is 0 Å². The highest BCUT2D eigenvalue weighted by atomic mass is 32.1. The van der Waals surface area contributed by atoms with Crippen molar-refractivity contribution < 1.29 is 13.2 Å². The second-order valence-corrected chi connectivity index (χ2v) is 4.98. The minimum atomic E-state index is -4.02. The number of hydrogen-bond acceptors (Lipinski definition) is 4. The number of hydrogen-bond donors (Lipinski definition) is 1. The molecule has 3 nitrogen and oxygen atoms in total. The quantitative estimate of drug-likeness (QED) is 0.913. The first-order chi connectivity index (χ1) is 8.05. The van der Waals surface area contributed by atoms with Crippen LogP contribution in [-0.4, -0.2) is 21.8 Å². The molecular formula is C10H14F3N3S. The molecule has 0 unspecified atom stereocenters. The van der Waals surface area contributed by atoms with Crippen LogP contribution in [0.2, 0.25) is 0 Å². The van der Waals surface area contributed by atoms with Crippen molar-refractivity contribution in [3.63, 3.8) is 0 Å². The van der Waals surface area contributed by atoms with Gasteiger partial charge in [-0.2, -0.15) is 13.2 Å². The van der Waals surface area contributed by atoms with Gasteiger partial charge in [0.05, 0.1) is 11.6 Å². The molecule has 0 aromatic carbocycles. The Labute approximate surface area is 102 Å². The van der Waals surface area contributed by atoms with Gasteiger partial charge in [-0.15, -0.1) is 5.10 Å². The first-order valence-corrected chi connectivity index (χ1v) is 6.45. The molecule has 1 fully saturated rings. The van der Waals surface area contributed by atoms with E-state index in [9.17, 15) is 13.2 Å². The Balaban J connectivity index is 1.72. The lowest BCUT2D eigenvalue weighted by Crippen LogP contribution is -2.36. The van der Waals surface area contributed by atoms with Crippen LogP contribution in [0.4, 0.5) is 13.2 Å². The number of aromatic nitrogens is 2. The van der Waals surface area contributed by atoms with E-state index >= 15 is 0 Å². The third-order valence-electron chi connectivity index (χ3n) is 3.17. The predicted molar refractivity (Wildman–Crippen MR) is 58.5 cm³/mol. The summed E-state index contributed by atoms with van der Waals surface area (Å²) < 4.78 is 41.1. The minimum Gasteiger partial charge on any atom is -0.308 e. The first kappa shape index (κ1) is 12.8. The maximum atomic E-state index is 12.4. The van der Waals surface area contributed by atoms with E-state index in [1.807, 2.05) is 5.38 Å². The van der Waals surface area contributed by atoms with Gasteiger partial charge in [-0.05, 0) is 37.2 Å². The zero-order valence-corrected chi connectivity index (χ0v) is 10.0. The third kappa shape index (κ3) is 3.64. The highest BCUT2D eigenvalue weighted by molar-refractivity contribution is 7.03. The normalized spacial score (nSPS) is 26.1. The van der Waals surface area contributed by atoms with Crippen LogP contribution < -0.4 is 5.32 Å². The molecular weight excluding hydrogens is 251 g/mol. The zero-order chi connectivity index (χ0) is 12.3. The molecule has 17 heavy (non-hydrogen) atoms. The third-order valence-corrected chi connectivity index (χ3v) is 3.72. The van der Waals surface area contributed by atoms with Crippen molar-refractivity contribution >= 4 is 11.5 Å². The Morgan fingerprint density at radius 3 is 2.53 bits per heavy atom. The molecule has 0 bridgehead atoms. The maximum absolute atomic E-state index is 12.4. The Morgan fingerprint density at radius 2 is 2.00 bits per heavy atom. The number of halogens is 3. The fraction of sp³-hybridized carbons (Fsp3) is 0.800. The zero-order valence-electron chi connectivity index (χ0n) is 9.20. The minimum absolute atomic E-state index is 0.176. The molecule has 0 atom stereocenters. The molecule has 1 aromatic rings. The molecule has 96 valence electrons. The van der Waals surface area contributed by atoms with Crippen molar-refractivity contribution in [3.8, 4) is 0 Å². The molecule has 7 heteroatoms. The van der Waals surface area contributed by atoms with E-state index in [2.05, 4.69) is 14.9 Å². The summed E-state index contributed by atoms with van der Waals surface area (Å²) >= 11 is 1.28. The Morgan fingerprint density at radius 1 is 1.29 bits per heavy atom. The highest BCUT2D eigenvalue weighted by Crippen LogP contribution is 2.37. The summed E-state index contributed by atoms with van der Waals surface area (Å²) in [6.07, 6.45) is -2.39. The monoisotopic (exact) mass is 265 g/mol. The highest BCUT2D eigenvalue weighted by Gasteiger charge is 2.41. The van der Waals surface area contributed by atoms with E-state index in [0.717, 1.165) is 5.69 Å². The van der Waals surface area contributed by atoms with Gasteiger partial charge in [-0.25, -0.2) is 0 Å². The van der Waals surface area contributed by atoms with Crippen LogP contribution in [0.1, 0.15) is 31.4 Å². The van der Waals surface area contributed by atoms with Crippen molar-refractivity contribution in [2.75, 3.05) is 0 Å². The first-order valence-electron chi connectivity index (χ1n) is 5.61. The Hall–Kier alpha value is -0.690. The summed E-state index contributed by atoms with van der Waals surface area (Å²) in [6, 6.07) is 0.176. The largest absolute Gasteiger partial charge is 0.391 e. The number of alkyl halides is 3. The van der Waals surface area contributed by atoms with Gasteiger partial charge in [-0.3, -0.25) is 0 Å². The molecule has 0 aliphatic heterocycles. The molecule has 0 saturated heterocycles. The van der Waals surface area contributed by atoms with E-state index in [1.165, 1.54) is 11.5 Å². The van der Waals surface area contributed by atoms with Crippen molar-refractivity contribution in [3.05, 3.63) is 11.1 Å². The van der Waals surface area contributed by atoms with Crippen LogP contribution in [0.5, 0.6) is 0 Å². The molecule has 1 aliphatic carbocycles. The second kappa shape index (κ2) is 5.30. The Kier molecular flexibility index (Phi) is 3.98. The molecule has 1 aromatic heterocycles. The SMILES string of the molecule is FC(F)(F)C1CCC(NCc2csnn2)CC1. The van der Waals surface area contributed by atoms with E-state index in [-0.39, 0.29) is 18.9 Å². The van der Waals surface area contributed by atoms with Crippen molar-refractivity contribution in [2.45, 2.75) is 44.4 Å². The van der Waals surface area contributed by atoms with Gasteiger partial charge in [-0.1, -0.05) is 4.49 Å². The van der Waals surface area contributed by atoms with Gasteiger partial charge in [0.1, 0.15) is 0 Å². The smallest absolute Gasteiger partial charge is 0.308 e. The molecule has 1 heterocycles. The average molecular weight is 265 g/mol. The van der Waals surface area contributed by atoms with Crippen molar-refractivity contribution in [1.29, 1.82) is 0 Å². The predicted octanol–water partition coefficient (Wildman–Crippen LogP) is 2.75. The lowest BCUT2D eigenvalue weighted by atomic mass is 9.85. The fourth-order valence-electron chi connectivity index (χ4n) is 2.13. The topological polar surface area (TPSA) is 37.8 Å². The van der Waals surface area contributed by atoms with Crippen molar-refractivity contribution in [1.82, 2.24) is 14.9 Å². The summed E-state index contributed by atoms with van der Waals surface area (Å²) in [6.45, 7) is 0.595. The van der Waals surface area contributed by atoms with E-state index < -0.39 is 12.1 Å². The summed E-state index contributed by atoms with van der Waals surface area (Å²) in [7, 11) is 0. The molecule has 1 saturated carbocycles. The van der Waals surface area contributed by atoms with Gasteiger partial charge < -0.3 is 5.32 Å². The number of rotatable bonds is 3. The van der Waals surface area contributed by atoms with E-state index in [0.29, 0.717) is 19.4 Å². The number of nitrogens with zero attached hydrogens (tertiary/aromatic N) is 2. The molecule has 1 N–H and O–H groups in total. The van der Waals surface area contributed by atoms with Gasteiger partial charge in [0, 0.05) is 18.0 Å². The summed E-state index contributed by atoms with van der Waals surface area (Å²) in [5.41, 5.74) is 0.855. The average Bonchev–Trinajstić information content (AvgIpc) is 2.78. The van der Waals surface area contributed by atoms with Crippen LogP contribution in [-0.2, 0) is 6.54 Å². The summed E-state index contributed by atoms with van der Waals surface area (Å²) in [5, 5.41) is 8.96. The second-order valence-electron chi connectivity index (χ2n) is 4.37. The van der Waals surface area contributed by atoms with Crippen LogP contribution >= 0.6 is 11.5 Å². The van der Waals surface area contributed by atoms with Crippen LogP contribution in [0.3, 0.4) is 0 Å². The van der Waals surface area contributed by atoms with Crippen molar-refractivity contribution in [2.24, 2.45) is 5.92 Å². The van der Waals surface area contributed by atoms with Crippen LogP contribution in [0.15, 0.2) is 5.38 Å². The summed E-state index contributed by atoms with van der Waals surface area (Å²) in [4.78, 5) is 0. The summed E-state index contributed by atoms with van der Waals surface area (Å²) in [5.74, 6) is -1.11. The fourth-order valence-corrected chi connectivity index (χ4v) is 2.59. The molecule has 0 radical (unpaired) electrons. The van der Waals surface area contributed by atoms with Gasteiger partial charge >= 0.3 is 6.18 Å². The maximum Gasteiger partial charge on any atom is 0.391 e. The Bertz CT molecular complexity index is 331. The number of nitrogens with one attached hydrogen (secondary N) is 1. The van der Waals surface area contributed by atoms with Gasteiger partial charge in [0.25, 0.3) is 0 Å².